The Morgan fingerprint density at radius 2 is 1.83 bits per heavy atom. The van der Waals surface area contributed by atoms with Crippen LogP contribution in [0.3, 0.4) is 0 Å². The first-order valence-corrected chi connectivity index (χ1v) is 10.4. The van der Waals surface area contributed by atoms with E-state index < -0.39 is 0 Å². The van der Waals surface area contributed by atoms with E-state index in [4.69, 9.17) is 4.74 Å². The van der Waals surface area contributed by atoms with Gasteiger partial charge in [-0.1, -0.05) is 32.8 Å². The zero-order valence-corrected chi connectivity index (χ0v) is 15.7. The van der Waals surface area contributed by atoms with Crippen LogP contribution in [0.15, 0.2) is 11.6 Å². The second-order valence-corrected chi connectivity index (χ2v) is 9.37. The van der Waals surface area contributed by atoms with Crippen LogP contribution in [-0.4, -0.2) is 11.6 Å². The van der Waals surface area contributed by atoms with Gasteiger partial charge in [0.25, 0.3) is 0 Å². The molecule has 0 aromatic rings. The molecule has 134 valence electrons. The summed E-state index contributed by atoms with van der Waals surface area (Å²) in [5.74, 6) is 4.54. The van der Waals surface area contributed by atoms with E-state index in [1.165, 1.54) is 51.4 Å². The summed E-state index contributed by atoms with van der Waals surface area (Å²) in [5.41, 5.74) is 0.705. The maximum absolute atomic E-state index is 12.9. The molecule has 24 heavy (non-hydrogen) atoms. The lowest BCUT2D eigenvalue weighted by atomic mass is 9.62. The van der Waals surface area contributed by atoms with Gasteiger partial charge in [0, 0.05) is 11.5 Å². The molecule has 0 spiro atoms. The molecule has 4 bridgehead atoms. The van der Waals surface area contributed by atoms with Crippen molar-refractivity contribution in [2.75, 3.05) is 0 Å². The van der Waals surface area contributed by atoms with E-state index >= 15 is 0 Å². The molecule has 0 N–H and O–H groups in total. The Hall–Kier alpha value is -0.790. The summed E-state index contributed by atoms with van der Waals surface area (Å²) >= 11 is 0. The number of carbonyl (C=O) groups excluding carboxylic acids is 1. The Labute approximate surface area is 147 Å². The number of esters is 1. The summed E-state index contributed by atoms with van der Waals surface area (Å²) in [6.07, 6.45) is 13.5. The van der Waals surface area contributed by atoms with Gasteiger partial charge in [0.15, 0.2) is 0 Å². The SMILES string of the molecule is CC/C=C(/C)C(=O)OC1(C2CCC(C)CC2)C2CC3CC(C2)C1C3. The molecule has 5 unspecified atom stereocenters. The Balaban J connectivity index is 1.63. The highest BCUT2D eigenvalue weighted by Crippen LogP contribution is 2.67. The standard InChI is InChI=1S/C22H34O2/c1-4-5-15(3)21(23)24-22(18-8-6-14(2)7-9-18)19-11-16-10-17(13-19)20(22)12-16/h5,14,16-20H,4,6-13H2,1-3H3/b15-5-. The number of hydrogen-bond acceptors (Lipinski definition) is 2. The number of ether oxygens (including phenoxy) is 1. The number of hydrogen-bond donors (Lipinski definition) is 0. The van der Waals surface area contributed by atoms with Crippen molar-refractivity contribution in [2.24, 2.45) is 35.5 Å². The van der Waals surface area contributed by atoms with Gasteiger partial charge in [-0.25, -0.2) is 4.79 Å². The van der Waals surface area contributed by atoms with Crippen LogP contribution in [0.4, 0.5) is 0 Å². The molecule has 0 saturated heterocycles. The first-order chi connectivity index (χ1) is 11.5. The fourth-order valence-corrected chi connectivity index (χ4v) is 7.00. The minimum absolute atomic E-state index is 0.0218. The molecule has 5 saturated carbocycles. The van der Waals surface area contributed by atoms with Gasteiger partial charge in [0.1, 0.15) is 5.60 Å². The molecule has 5 atom stereocenters. The van der Waals surface area contributed by atoms with Gasteiger partial charge in [-0.2, -0.15) is 0 Å². The number of rotatable bonds is 4. The van der Waals surface area contributed by atoms with Crippen molar-refractivity contribution in [3.63, 3.8) is 0 Å². The monoisotopic (exact) mass is 330 g/mol. The third-order valence-corrected chi connectivity index (χ3v) is 7.97. The topological polar surface area (TPSA) is 26.3 Å². The fraction of sp³-hybridized carbons (Fsp3) is 0.864. The lowest BCUT2D eigenvalue weighted by Crippen LogP contribution is -2.54. The molecule has 5 fully saturated rings. The molecule has 0 aliphatic heterocycles. The van der Waals surface area contributed by atoms with Crippen LogP contribution in [-0.2, 0) is 9.53 Å². The molecule has 5 aliphatic rings. The average molecular weight is 331 g/mol. The summed E-state index contributed by atoms with van der Waals surface area (Å²) in [6.45, 7) is 6.41. The highest BCUT2D eigenvalue weighted by molar-refractivity contribution is 5.88. The lowest BCUT2D eigenvalue weighted by Gasteiger charge is -2.50. The Morgan fingerprint density at radius 1 is 1.08 bits per heavy atom. The van der Waals surface area contributed by atoms with Gasteiger partial charge >= 0.3 is 5.97 Å². The van der Waals surface area contributed by atoms with Crippen molar-refractivity contribution in [3.05, 3.63) is 11.6 Å². The predicted molar refractivity (Wildman–Crippen MR) is 96.4 cm³/mol. The van der Waals surface area contributed by atoms with Crippen molar-refractivity contribution in [3.8, 4) is 0 Å². The van der Waals surface area contributed by atoms with Crippen molar-refractivity contribution >= 4 is 5.97 Å². The van der Waals surface area contributed by atoms with Crippen LogP contribution in [0, 0.1) is 35.5 Å². The first kappa shape index (κ1) is 16.7. The zero-order chi connectivity index (χ0) is 16.9. The molecule has 2 nitrogen and oxygen atoms in total. The van der Waals surface area contributed by atoms with E-state index in [0.717, 1.165) is 29.7 Å². The van der Waals surface area contributed by atoms with Gasteiger partial charge in [0.05, 0.1) is 0 Å². The van der Waals surface area contributed by atoms with Crippen molar-refractivity contribution in [1.29, 1.82) is 0 Å². The molecule has 0 aromatic carbocycles. The Bertz CT molecular complexity index is 524. The smallest absolute Gasteiger partial charge is 0.333 e. The molecular weight excluding hydrogens is 296 g/mol. The van der Waals surface area contributed by atoms with Crippen molar-refractivity contribution in [1.82, 2.24) is 0 Å². The normalized spacial score (nSPS) is 47.2. The largest absolute Gasteiger partial charge is 0.455 e. The van der Waals surface area contributed by atoms with E-state index in [1.54, 1.807) is 0 Å². The zero-order valence-electron chi connectivity index (χ0n) is 15.7. The summed E-state index contributed by atoms with van der Waals surface area (Å²) in [7, 11) is 0. The van der Waals surface area contributed by atoms with E-state index in [-0.39, 0.29) is 11.6 Å². The average Bonchev–Trinajstić information content (AvgIpc) is 2.97. The highest BCUT2D eigenvalue weighted by atomic mass is 16.6. The Kier molecular flexibility index (Phi) is 4.29. The Morgan fingerprint density at radius 3 is 2.50 bits per heavy atom. The third kappa shape index (κ3) is 2.47. The lowest BCUT2D eigenvalue weighted by molar-refractivity contribution is -0.185. The van der Waals surface area contributed by atoms with E-state index in [0.29, 0.717) is 17.8 Å². The second kappa shape index (κ2) is 6.18. The molecule has 0 radical (unpaired) electrons. The van der Waals surface area contributed by atoms with E-state index in [9.17, 15) is 4.79 Å². The van der Waals surface area contributed by atoms with E-state index in [2.05, 4.69) is 13.8 Å². The predicted octanol–water partition coefficient (Wildman–Crippen LogP) is 5.52. The second-order valence-electron chi connectivity index (χ2n) is 9.37. The molecule has 5 rings (SSSR count). The maximum Gasteiger partial charge on any atom is 0.333 e. The minimum Gasteiger partial charge on any atom is -0.455 e. The summed E-state index contributed by atoms with van der Waals surface area (Å²) in [4.78, 5) is 12.9. The molecule has 0 aromatic heterocycles. The van der Waals surface area contributed by atoms with Crippen LogP contribution in [0.2, 0.25) is 0 Å². The van der Waals surface area contributed by atoms with Crippen LogP contribution in [0.5, 0.6) is 0 Å². The summed E-state index contributed by atoms with van der Waals surface area (Å²) in [6, 6.07) is 0. The van der Waals surface area contributed by atoms with Crippen LogP contribution in [0.1, 0.15) is 78.6 Å². The van der Waals surface area contributed by atoms with Gasteiger partial charge in [-0.3, -0.25) is 0 Å². The highest BCUT2D eigenvalue weighted by Gasteiger charge is 2.67. The molecule has 0 amide bonds. The first-order valence-electron chi connectivity index (χ1n) is 10.4. The van der Waals surface area contributed by atoms with Gasteiger partial charge in [-0.15, -0.1) is 0 Å². The number of carbonyl (C=O) groups is 1. The van der Waals surface area contributed by atoms with E-state index in [1.807, 2.05) is 13.0 Å². The summed E-state index contributed by atoms with van der Waals surface area (Å²) < 4.78 is 6.54. The van der Waals surface area contributed by atoms with Crippen molar-refractivity contribution < 1.29 is 9.53 Å². The van der Waals surface area contributed by atoms with Crippen LogP contribution >= 0.6 is 0 Å². The summed E-state index contributed by atoms with van der Waals surface area (Å²) in [5, 5.41) is 0. The molecule has 0 heterocycles. The van der Waals surface area contributed by atoms with Crippen LogP contribution < -0.4 is 0 Å². The molecular formula is C22H34O2. The molecule has 2 heteroatoms. The number of allylic oxidation sites excluding steroid dienone is 1. The van der Waals surface area contributed by atoms with Crippen LogP contribution in [0.25, 0.3) is 0 Å². The van der Waals surface area contributed by atoms with Gasteiger partial charge < -0.3 is 4.74 Å². The van der Waals surface area contributed by atoms with Gasteiger partial charge in [-0.05, 0) is 81.5 Å². The fourth-order valence-electron chi connectivity index (χ4n) is 7.00. The van der Waals surface area contributed by atoms with Crippen molar-refractivity contribution in [2.45, 2.75) is 84.2 Å². The third-order valence-electron chi connectivity index (χ3n) is 7.97. The molecule has 5 aliphatic carbocycles. The maximum atomic E-state index is 12.9. The minimum atomic E-state index is -0.113. The van der Waals surface area contributed by atoms with Gasteiger partial charge in [0.2, 0.25) is 0 Å². The quantitative estimate of drug-likeness (QED) is 0.501.